The average Bonchev–Trinajstić information content (AvgIpc) is 3.35. The molecule has 0 aromatic carbocycles. The Kier molecular flexibility index (Phi) is 3.80. The molecule has 120 valence electrons. The number of esters is 1. The Hall–Kier alpha value is -3.00. The van der Waals surface area contributed by atoms with E-state index in [4.69, 9.17) is 4.74 Å². The van der Waals surface area contributed by atoms with E-state index in [2.05, 4.69) is 15.2 Å². The number of ether oxygens (including phenoxy) is 1. The Labute approximate surface area is 141 Å². The van der Waals surface area contributed by atoms with Crippen molar-refractivity contribution in [1.29, 1.82) is 0 Å². The van der Waals surface area contributed by atoms with Gasteiger partial charge in [-0.05, 0) is 23.6 Å². The van der Waals surface area contributed by atoms with Gasteiger partial charge in [-0.1, -0.05) is 6.07 Å². The van der Waals surface area contributed by atoms with Gasteiger partial charge in [-0.15, -0.1) is 11.3 Å². The van der Waals surface area contributed by atoms with Gasteiger partial charge in [0.15, 0.2) is 5.65 Å². The number of aromatic nitrogens is 5. The van der Waals surface area contributed by atoms with Crippen molar-refractivity contribution >= 4 is 23.0 Å². The van der Waals surface area contributed by atoms with Gasteiger partial charge in [0.05, 0.1) is 23.3 Å². The molecule has 0 aliphatic rings. The Balaban J connectivity index is 1.56. The third-order valence-corrected chi connectivity index (χ3v) is 4.40. The van der Waals surface area contributed by atoms with E-state index in [1.54, 1.807) is 32.9 Å². The van der Waals surface area contributed by atoms with Crippen LogP contribution in [0.15, 0.2) is 54.4 Å². The Morgan fingerprint density at radius 1 is 1.21 bits per heavy atom. The molecule has 4 aromatic rings. The molecule has 0 aliphatic heterocycles. The maximum Gasteiger partial charge on any atom is 0.343 e. The van der Waals surface area contributed by atoms with Crippen LogP contribution in [0, 0.1) is 0 Å². The fourth-order valence-electron chi connectivity index (χ4n) is 2.39. The van der Waals surface area contributed by atoms with Crippen molar-refractivity contribution in [2.45, 2.75) is 6.54 Å². The summed E-state index contributed by atoms with van der Waals surface area (Å²) in [6.07, 6.45) is 6.67. The summed E-state index contributed by atoms with van der Waals surface area (Å²) < 4.78 is 8.68. The Morgan fingerprint density at radius 3 is 2.96 bits per heavy atom. The molecule has 0 bridgehead atoms. The molecule has 0 aliphatic carbocycles. The Morgan fingerprint density at radius 2 is 2.17 bits per heavy atom. The standard InChI is InChI=1S/C16H13N5O2S/c22-16(23-9-8-20-7-2-5-18-20)12-11-19-21-13(4-6-17-15(12)21)14-3-1-10-24-14/h1-7,10-11H,8-9H2. The van der Waals surface area contributed by atoms with Crippen molar-refractivity contribution in [1.82, 2.24) is 24.4 Å². The summed E-state index contributed by atoms with van der Waals surface area (Å²) in [6.45, 7) is 0.744. The summed E-state index contributed by atoms with van der Waals surface area (Å²) in [5.41, 5.74) is 1.74. The maximum absolute atomic E-state index is 12.3. The van der Waals surface area contributed by atoms with E-state index >= 15 is 0 Å². The van der Waals surface area contributed by atoms with Crippen LogP contribution in [0.3, 0.4) is 0 Å². The van der Waals surface area contributed by atoms with Crippen molar-refractivity contribution in [2.24, 2.45) is 0 Å². The number of fused-ring (bicyclic) bond motifs is 1. The van der Waals surface area contributed by atoms with E-state index in [9.17, 15) is 4.79 Å². The van der Waals surface area contributed by atoms with Crippen LogP contribution in [-0.2, 0) is 11.3 Å². The van der Waals surface area contributed by atoms with Crippen LogP contribution >= 0.6 is 11.3 Å². The van der Waals surface area contributed by atoms with Gasteiger partial charge in [0, 0.05) is 18.6 Å². The predicted molar refractivity (Wildman–Crippen MR) is 88.8 cm³/mol. The molecule has 7 nitrogen and oxygen atoms in total. The first-order chi connectivity index (χ1) is 11.8. The molecule has 0 spiro atoms. The van der Waals surface area contributed by atoms with Crippen LogP contribution in [0.5, 0.6) is 0 Å². The molecule has 0 atom stereocenters. The summed E-state index contributed by atoms with van der Waals surface area (Å²) in [5, 5.41) is 10.4. The first-order valence-electron chi connectivity index (χ1n) is 7.34. The van der Waals surface area contributed by atoms with Crippen LogP contribution in [-0.4, -0.2) is 37.0 Å². The molecule has 4 rings (SSSR count). The number of carbonyl (C=O) groups is 1. The molecular weight excluding hydrogens is 326 g/mol. The first kappa shape index (κ1) is 14.6. The number of hydrogen-bond donors (Lipinski definition) is 0. The molecule has 0 amide bonds. The molecule has 0 N–H and O–H groups in total. The summed E-state index contributed by atoms with van der Waals surface area (Å²) in [4.78, 5) is 17.6. The molecule has 0 saturated heterocycles. The van der Waals surface area contributed by atoms with Crippen molar-refractivity contribution < 1.29 is 9.53 Å². The van der Waals surface area contributed by atoms with Gasteiger partial charge >= 0.3 is 5.97 Å². The number of hydrogen-bond acceptors (Lipinski definition) is 6. The van der Waals surface area contributed by atoms with Crippen molar-refractivity contribution in [3.05, 3.63) is 60.0 Å². The second-order valence-corrected chi connectivity index (χ2v) is 5.95. The summed E-state index contributed by atoms with van der Waals surface area (Å²) in [7, 11) is 0. The molecule has 0 radical (unpaired) electrons. The first-order valence-corrected chi connectivity index (χ1v) is 8.22. The normalized spacial score (nSPS) is 11.0. The quantitative estimate of drug-likeness (QED) is 0.522. The van der Waals surface area contributed by atoms with Gasteiger partial charge in [0.2, 0.25) is 0 Å². The SMILES string of the molecule is O=C(OCCn1cccn1)c1cnn2c(-c3cccs3)ccnc12. The number of thiophene rings is 1. The fraction of sp³-hybridized carbons (Fsp3) is 0.125. The highest BCUT2D eigenvalue weighted by molar-refractivity contribution is 7.13. The minimum absolute atomic E-state index is 0.239. The molecule has 24 heavy (non-hydrogen) atoms. The van der Waals surface area contributed by atoms with E-state index in [0.717, 1.165) is 10.6 Å². The average molecular weight is 339 g/mol. The molecule has 8 heteroatoms. The van der Waals surface area contributed by atoms with Gasteiger partial charge in [-0.2, -0.15) is 10.2 Å². The molecule has 0 unspecified atom stereocenters. The van der Waals surface area contributed by atoms with Crippen molar-refractivity contribution in [3.8, 4) is 10.6 Å². The van der Waals surface area contributed by atoms with Crippen LogP contribution in [0.25, 0.3) is 16.2 Å². The monoisotopic (exact) mass is 339 g/mol. The van der Waals surface area contributed by atoms with E-state index in [1.807, 2.05) is 35.8 Å². The lowest BCUT2D eigenvalue weighted by Gasteiger charge is -2.04. The number of carbonyl (C=O) groups excluding carboxylic acids is 1. The van der Waals surface area contributed by atoms with Crippen LogP contribution in [0.2, 0.25) is 0 Å². The van der Waals surface area contributed by atoms with Crippen molar-refractivity contribution in [2.75, 3.05) is 6.61 Å². The van der Waals surface area contributed by atoms with E-state index < -0.39 is 5.97 Å². The van der Waals surface area contributed by atoms with Crippen LogP contribution in [0.1, 0.15) is 10.4 Å². The molecule has 4 heterocycles. The fourth-order valence-corrected chi connectivity index (χ4v) is 3.12. The lowest BCUT2D eigenvalue weighted by Crippen LogP contribution is -2.12. The van der Waals surface area contributed by atoms with Gasteiger partial charge in [-0.25, -0.2) is 14.3 Å². The third-order valence-electron chi connectivity index (χ3n) is 3.51. The summed E-state index contributed by atoms with van der Waals surface area (Å²) in [5.74, 6) is -0.437. The zero-order chi connectivity index (χ0) is 16.4. The van der Waals surface area contributed by atoms with Gasteiger partial charge in [0.25, 0.3) is 0 Å². The van der Waals surface area contributed by atoms with Crippen LogP contribution < -0.4 is 0 Å². The zero-order valence-corrected chi connectivity index (χ0v) is 13.4. The lowest BCUT2D eigenvalue weighted by molar-refractivity contribution is 0.0489. The lowest BCUT2D eigenvalue weighted by atomic mass is 10.3. The van der Waals surface area contributed by atoms with Gasteiger partial charge < -0.3 is 4.74 Å². The largest absolute Gasteiger partial charge is 0.460 e. The smallest absolute Gasteiger partial charge is 0.343 e. The third kappa shape index (κ3) is 2.67. The van der Waals surface area contributed by atoms with Crippen LogP contribution in [0.4, 0.5) is 0 Å². The van der Waals surface area contributed by atoms with E-state index in [1.165, 1.54) is 6.20 Å². The highest BCUT2D eigenvalue weighted by atomic mass is 32.1. The maximum atomic E-state index is 12.3. The molecule has 4 aromatic heterocycles. The number of nitrogens with zero attached hydrogens (tertiary/aromatic N) is 5. The number of rotatable bonds is 5. The van der Waals surface area contributed by atoms with Gasteiger partial charge in [0.1, 0.15) is 12.2 Å². The topological polar surface area (TPSA) is 74.3 Å². The second-order valence-electron chi connectivity index (χ2n) is 5.01. The zero-order valence-electron chi connectivity index (χ0n) is 12.6. The Bertz CT molecular complexity index is 960. The highest BCUT2D eigenvalue weighted by Gasteiger charge is 2.17. The predicted octanol–water partition coefficient (Wildman–Crippen LogP) is 2.51. The summed E-state index contributed by atoms with van der Waals surface area (Å²) >= 11 is 1.61. The minimum atomic E-state index is -0.437. The summed E-state index contributed by atoms with van der Waals surface area (Å²) in [6, 6.07) is 7.67. The van der Waals surface area contributed by atoms with E-state index in [0.29, 0.717) is 17.8 Å². The second kappa shape index (κ2) is 6.25. The van der Waals surface area contributed by atoms with Gasteiger partial charge in [-0.3, -0.25) is 4.68 Å². The molecular formula is C16H13N5O2S. The highest BCUT2D eigenvalue weighted by Crippen LogP contribution is 2.25. The van der Waals surface area contributed by atoms with E-state index in [-0.39, 0.29) is 6.61 Å². The molecule has 0 fully saturated rings. The minimum Gasteiger partial charge on any atom is -0.460 e. The molecule has 0 saturated carbocycles. The van der Waals surface area contributed by atoms with Crippen molar-refractivity contribution in [3.63, 3.8) is 0 Å².